The van der Waals surface area contributed by atoms with E-state index in [1.54, 1.807) is 12.3 Å². The van der Waals surface area contributed by atoms with Crippen LogP contribution in [-0.2, 0) is 0 Å². The van der Waals surface area contributed by atoms with E-state index in [9.17, 15) is 4.79 Å². The molecule has 0 aromatic carbocycles. The van der Waals surface area contributed by atoms with Crippen molar-refractivity contribution < 1.29 is 4.79 Å². The number of hydrogen-bond acceptors (Lipinski definition) is 3. The first-order valence-electron chi connectivity index (χ1n) is 6.51. The van der Waals surface area contributed by atoms with E-state index in [0.29, 0.717) is 5.56 Å². The molecule has 0 aliphatic carbocycles. The van der Waals surface area contributed by atoms with Gasteiger partial charge in [0.05, 0.1) is 5.56 Å². The van der Waals surface area contributed by atoms with Crippen molar-refractivity contribution in [3.05, 3.63) is 23.9 Å². The molecule has 100 valence electrons. The van der Waals surface area contributed by atoms with Crippen LogP contribution >= 0.6 is 0 Å². The van der Waals surface area contributed by atoms with Crippen molar-refractivity contribution in [1.29, 1.82) is 0 Å². The Bertz CT molecular complexity index is 385. The highest BCUT2D eigenvalue weighted by atomic mass is 16.1. The predicted octanol–water partition coefficient (Wildman–Crippen LogP) is 2.82. The monoisotopic (exact) mass is 249 g/mol. The van der Waals surface area contributed by atoms with Crippen molar-refractivity contribution in [1.82, 2.24) is 10.3 Å². The SMILES string of the molecule is CCCNc1ccc(C(=O)NC(C)(C)CC)cn1. The number of carbonyl (C=O) groups is 1. The van der Waals surface area contributed by atoms with Crippen LogP contribution in [0.25, 0.3) is 0 Å². The second kappa shape index (κ2) is 6.38. The molecule has 0 aliphatic rings. The van der Waals surface area contributed by atoms with Gasteiger partial charge in [-0.25, -0.2) is 4.98 Å². The van der Waals surface area contributed by atoms with Crippen LogP contribution in [0.2, 0.25) is 0 Å². The summed E-state index contributed by atoms with van der Waals surface area (Å²) in [7, 11) is 0. The molecule has 2 N–H and O–H groups in total. The molecule has 1 heterocycles. The van der Waals surface area contributed by atoms with E-state index in [2.05, 4.69) is 29.5 Å². The van der Waals surface area contributed by atoms with E-state index in [1.165, 1.54) is 0 Å². The zero-order chi connectivity index (χ0) is 13.6. The summed E-state index contributed by atoms with van der Waals surface area (Å²) in [6.45, 7) is 9.06. The van der Waals surface area contributed by atoms with E-state index >= 15 is 0 Å². The number of pyridine rings is 1. The van der Waals surface area contributed by atoms with Crippen molar-refractivity contribution in [2.45, 2.75) is 46.1 Å². The Kier molecular flexibility index (Phi) is 5.13. The maximum atomic E-state index is 12.0. The van der Waals surface area contributed by atoms with Crippen molar-refractivity contribution in [2.24, 2.45) is 0 Å². The van der Waals surface area contributed by atoms with E-state index in [-0.39, 0.29) is 11.4 Å². The van der Waals surface area contributed by atoms with Crippen LogP contribution in [0, 0.1) is 0 Å². The maximum absolute atomic E-state index is 12.0. The number of nitrogens with one attached hydrogen (secondary N) is 2. The van der Waals surface area contributed by atoms with Gasteiger partial charge in [-0.2, -0.15) is 0 Å². The van der Waals surface area contributed by atoms with Gasteiger partial charge in [-0.3, -0.25) is 4.79 Å². The van der Waals surface area contributed by atoms with Crippen molar-refractivity contribution in [2.75, 3.05) is 11.9 Å². The Hall–Kier alpha value is -1.58. The van der Waals surface area contributed by atoms with Crippen LogP contribution in [0.4, 0.5) is 5.82 Å². The molecule has 4 heteroatoms. The zero-order valence-corrected chi connectivity index (χ0v) is 11.7. The highest BCUT2D eigenvalue weighted by Crippen LogP contribution is 2.10. The quantitative estimate of drug-likeness (QED) is 0.815. The van der Waals surface area contributed by atoms with Crippen LogP contribution in [0.5, 0.6) is 0 Å². The average molecular weight is 249 g/mol. The Balaban J connectivity index is 2.64. The molecule has 0 aliphatic heterocycles. The lowest BCUT2D eigenvalue weighted by Gasteiger charge is -2.24. The molecule has 0 spiro atoms. The molecule has 0 unspecified atom stereocenters. The van der Waals surface area contributed by atoms with Gasteiger partial charge in [-0.1, -0.05) is 13.8 Å². The molecule has 18 heavy (non-hydrogen) atoms. The second-order valence-corrected chi connectivity index (χ2v) is 5.05. The normalized spacial score (nSPS) is 11.1. The summed E-state index contributed by atoms with van der Waals surface area (Å²) in [6.07, 6.45) is 3.55. The lowest BCUT2D eigenvalue weighted by molar-refractivity contribution is 0.0911. The first-order chi connectivity index (χ1) is 8.48. The summed E-state index contributed by atoms with van der Waals surface area (Å²) in [4.78, 5) is 16.2. The van der Waals surface area contributed by atoms with Crippen LogP contribution < -0.4 is 10.6 Å². The third kappa shape index (κ3) is 4.35. The second-order valence-electron chi connectivity index (χ2n) is 5.05. The molecule has 1 aromatic heterocycles. The molecule has 1 amide bonds. The predicted molar refractivity (Wildman–Crippen MR) is 74.9 cm³/mol. The van der Waals surface area contributed by atoms with Crippen LogP contribution in [0.15, 0.2) is 18.3 Å². The number of carbonyl (C=O) groups excluding carboxylic acids is 1. The fraction of sp³-hybridized carbons (Fsp3) is 0.571. The largest absolute Gasteiger partial charge is 0.370 e. The van der Waals surface area contributed by atoms with Gasteiger partial charge in [0.2, 0.25) is 0 Å². The van der Waals surface area contributed by atoms with Gasteiger partial charge in [0.1, 0.15) is 5.82 Å². The number of hydrogen-bond donors (Lipinski definition) is 2. The molecular formula is C14H23N3O. The lowest BCUT2D eigenvalue weighted by Crippen LogP contribution is -2.42. The standard InChI is InChI=1S/C14H23N3O/c1-5-9-15-12-8-7-11(10-16-12)13(18)17-14(3,4)6-2/h7-8,10H,5-6,9H2,1-4H3,(H,15,16)(H,17,18). The smallest absolute Gasteiger partial charge is 0.253 e. The van der Waals surface area contributed by atoms with Crippen molar-refractivity contribution in [3.63, 3.8) is 0 Å². The Morgan fingerprint density at radius 1 is 1.33 bits per heavy atom. The van der Waals surface area contributed by atoms with Gasteiger partial charge < -0.3 is 10.6 Å². The minimum atomic E-state index is -0.184. The Labute approximate surface area is 109 Å². The van der Waals surface area contributed by atoms with Crippen molar-refractivity contribution in [3.8, 4) is 0 Å². The van der Waals surface area contributed by atoms with Crippen molar-refractivity contribution >= 4 is 11.7 Å². The Morgan fingerprint density at radius 2 is 2.06 bits per heavy atom. The molecule has 1 aromatic rings. The van der Waals surface area contributed by atoms with E-state index < -0.39 is 0 Å². The number of aromatic nitrogens is 1. The molecule has 1 rings (SSSR count). The molecule has 0 radical (unpaired) electrons. The summed E-state index contributed by atoms with van der Waals surface area (Å²) < 4.78 is 0. The van der Waals surface area contributed by atoms with E-state index in [1.807, 2.05) is 19.9 Å². The van der Waals surface area contributed by atoms with Gasteiger partial charge >= 0.3 is 0 Å². The maximum Gasteiger partial charge on any atom is 0.253 e. The molecule has 0 bridgehead atoms. The fourth-order valence-corrected chi connectivity index (χ4v) is 1.35. The van der Waals surface area contributed by atoms with Crippen LogP contribution in [-0.4, -0.2) is 23.0 Å². The highest BCUT2D eigenvalue weighted by molar-refractivity contribution is 5.94. The zero-order valence-electron chi connectivity index (χ0n) is 11.7. The third-order valence-electron chi connectivity index (χ3n) is 2.92. The van der Waals surface area contributed by atoms with Gasteiger partial charge in [0.25, 0.3) is 5.91 Å². The topological polar surface area (TPSA) is 54.0 Å². The number of anilines is 1. The summed E-state index contributed by atoms with van der Waals surface area (Å²) in [5.74, 6) is 0.736. The molecule has 0 atom stereocenters. The first kappa shape index (κ1) is 14.5. The summed E-state index contributed by atoms with van der Waals surface area (Å²) >= 11 is 0. The Morgan fingerprint density at radius 3 is 2.56 bits per heavy atom. The molecular weight excluding hydrogens is 226 g/mol. The van der Waals surface area contributed by atoms with Gasteiger partial charge in [0.15, 0.2) is 0 Å². The summed E-state index contributed by atoms with van der Waals surface area (Å²) in [5.41, 5.74) is 0.412. The van der Waals surface area contributed by atoms with Crippen LogP contribution in [0.1, 0.15) is 50.9 Å². The number of amides is 1. The molecule has 4 nitrogen and oxygen atoms in total. The fourth-order valence-electron chi connectivity index (χ4n) is 1.35. The summed E-state index contributed by atoms with van der Waals surface area (Å²) in [5, 5.41) is 6.16. The van der Waals surface area contributed by atoms with Gasteiger partial charge in [0, 0.05) is 18.3 Å². The first-order valence-corrected chi connectivity index (χ1v) is 6.51. The van der Waals surface area contributed by atoms with E-state index in [0.717, 1.165) is 25.2 Å². The third-order valence-corrected chi connectivity index (χ3v) is 2.92. The average Bonchev–Trinajstić information content (AvgIpc) is 2.36. The number of rotatable bonds is 6. The molecule has 0 saturated heterocycles. The van der Waals surface area contributed by atoms with Crippen LogP contribution in [0.3, 0.4) is 0 Å². The minimum Gasteiger partial charge on any atom is -0.370 e. The lowest BCUT2D eigenvalue weighted by atomic mass is 10.0. The summed E-state index contributed by atoms with van der Waals surface area (Å²) in [6, 6.07) is 3.63. The van der Waals surface area contributed by atoms with E-state index in [4.69, 9.17) is 0 Å². The highest BCUT2D eigenvalue weighted by Gasteiger charge is 2.18. The molecule has 0 fully saturated rings. The van der Waals surface area contributed by atoms with Gasteiger partial charge in [-0.15, -0.1) is 0 Å². The minimum absolute atomic E-state index is 0.0728. The number of nitrogens with zero attached hydrogens (tertiary/aromatic N) is 1. The van der Waals surface area contributed by atoms with Gasteiger partial charge in [-0.05, 0) is 38.8 Å². The molecule has 0 saturated carbocycles.